The zero-order valence-electron chi connectivity index (χ0n) is 19.2. The molecule has 0 atom stereocenters. The molecule has 1 saturated carbocycles. The second-order valence-corrected chi connectivity index (χ2v) is 8.26. The zero-order valence-corrected chi connectivity index (χ0v) is 21.6. The lowest BCUT2D eigenvalue weighted by Crippen LogP contribution is -2.47. The Morgan fingerprint density at radius 2 is 2.06 bits per heavy atom. The summed E-state index contributed by atoms with van der Waals surface area (Å²) in [6, 6.07) is 8.00. The third-order valence-corrected chi connectivity index (χ3v) is 6.16. The molecule has 3 rings (SSSR count). The van der Waals surface area contributed by atoms with Crippen LogP contribution in [0.4, 0.5) is 10.2 Å². The third kappa shape index (κ3) is 6.80. The highest BCUT2D eigenvalue weighted by atomic mass is 127. The van der Waals surface area contributed by atoms with Crippen molar-refractivity contribution in [3.8, 4) is 11.8 Å². The van der Waals surface area contributed by atoms with Gasteiger partial charge in [-0.25, -0.2) is 9.07 Å². The Balaban J connectivity index is 0.00000385. The van der Waals surface area contributed by atoms with Crippen LogP contribution in [0.1, 0.15) is 43.4 Å². The van der Waals surface area contributed by atoms with Crippen LogP contribution in [0.3, 0.4) is 0 Å². The predicted octanol–water partition coefficient (Wildman–Crippen LogP) is 3.39. The number of benzene rings is 1. The van der Waals surface area contributed by atoms with E-state index in [4.69, 9.17) is 10.5 Å². The van der Waals surface area contributed by atoms with Crippen LogP contribution in [0.5, 0.6) is 0 Å². The van der Waals surface area contributed by atoms with Gasteiger partial charge >= 0.3 is 0 Å². The lowest BCUT2D eigenvalue weighted by Gasteiger charge is -2.42. The number of aryl methyl sites for hydroxylation is 1. The van der Waals surface area contributed by atoms with E-state index in [0.29, 0.717) is 35.3 Å². The summed E-state index contributed by atoms with van der Waals surface area (Å²) in [4.78, 5) is 4.31. The van der Waals surface area contributed by atoms with Crippen molar-refractivity contribution in [2.45, 2.75) is 38.5 Å². The van der Waals surface area contributed by atoms with Crippen molar-refractivity contribution in [3.05, 3.63) is 41.3 Å². The average Bonchev–Trinajstić information content (AvgIpc) is 3.09. The van der Waals surface area contributed by atoms with Gasteiger partial charge in [0.2, 0.25) is 0 Å². The summed E-state index contributed by atoms with van der Waals surface area (Å²) in [5, 5.41) is 20.8. The molecular formula is C23H33FIN7O. The fraction of sp³-hybridized carbons (Fsp3) is 0.522. The maximum Gasteiger partial charge on any atom is 0.190 e. The molecule has 1 aromatic carbocycles. The van der Waals surface area contributed by atoms with Crippen molar-refractivity contribution in [3.63, 3.8) is 0 Å². The maximum absolute atomic E-state index is 13.2. The SMILES string of the molecule is CN=C(NCCCc1nn(-c2ccc(F)cc2)c(N)c1C#N)NCC1(CCOC)CCC1.I. The monoisotopic (exact) mass is 569 g/mol. The molecule has 1 aromatic heterocycles. The first-order valence-electron chi connectivity index (χ1n) is 11.0. The van der Waals surface area contributed by atoms with E-state index in [1.54, 1.807) is 26.3 Å². The summed E-state index contributed by atoms with van der Waals surface area (Å²) in [6.07, 6.45) is 6.10. The minimum atomic E-state index is -0.338. The highest BCUT2D eigenvalue weighted by Gasteiger charge is 2.36. The number of anilines is 1. The lowest BCUT2D eigenvalue weighted by molar-refractivity contribution is 0.0732. The number of hydrogen-bond acceptors (Lipinski definition) is 5. The number of nitrogen functional groups attached to an aromatic ring is 1. The second kappa shape index (κ2) is 12.7. The van der Waals surface area contributed by atoms with Crippen LogP contribution in [-0.4, -0.2) is 49.6 Å². The van der Waals surface area contributed by atoms with Gasteiger partial charge in [-0.05, 0) is 61.8 Å². The van der Waals surface area contributed by atoms with E-state index < -0.39 is 0 Å². The van der Waals surface area contributed by atoms with Crippen molar-refractivity contribution in [1.29, 1.82) is 5.26 Å². The van der Waals surface area contributed by atoms with E-state index in [1.165, 1.54) is 36.1 Å². The second-order valence-electron chi connectivity index (χ2n) is 8.26. The first kappa shape index (κ1) is 26.9. The Morgan fingerprint density at radius 1 is 1.33 bits per heavy atom. The number of aromatic nitrogens is 2. The Bertz CT molecular complexity index is 964. The van der Waals surface area contributed by atoms with Crippen molar-refractivity contribution in [2.75, 3.05) is 39.6 Å². The first-order valence-corrected chi connectivity index (χ1v) is 11.0. The lowest BCUT2D eigenvalue weighted by atomic mass is 9.67. The Labute approximate surface area is 211 Å². The van der Waals surface area contributed by atoms with Crippen LogP contribution in [0.2, 0.25) is 0 Å². The number of rotatable bonds is 10. The summed E-state index contributed by atoms with van der Waals surface area (Å²) in [6.45, 7) is 2.34. The van der Waals surface area contributed by atoms with Crippen molar-refractivity contribution < 1.29 is 9.13 Å². The molecule has 1 aliphatic carbocycles. The van der Waals surface area contributed by atoms with E-state index in [-0.39, 0.29) is 35.6 Å². The molecule has 1 aliphatic rings. The molecular weight excluding hydrogens is 536 g/mol. The number of halogens is 2. The van der Waals surface area contributed by atoms with Gasteiger partial charge < -0.3 is 21.1 Å². The topological polar surface area (TPSA) is 113 Å². The number of nitrogens with two attached hydrogens (primary N) is 1. The van der Waals surface area contributed by atoms with Crippen molar-refractivity contribution in [2.24, 2.45) is 10.4 Å². The van der Waals surface area contributed by atoms with Crippen LogP contribution in [0.15, 0.2) is 29.3 Å². The van der Waals surface area contributed by atoms with Gasteiger partial charge in [0.1, 0.15) is 23.3 Å². The molecule has 180 valence electrons. The third-order valence-electron chi connectivity index (χ3n) is 6.16. The van der Waals surface area contributed by atoms with Gasteiger partial charge in [-0.15, -0.1) is 24.0 Å². The number of nitrogens with zero attached hydrogens (tertiary/aromatic N) is 4. The molecule has 0 aliphatic heterocycles. The molecule has 0 unspecified atom stereocenters. The van der Waals surface area contributed by atoms with E-state index in [1.807, 2.05) is 0 Å². The minimum Gasteiger partial charge on any atom is -0.385 e. The largest absolute Gasteiger partial charge is 0.385 e. The number of methoxy groups -OCH3 is 1. The predicted molar refractivity (Wildman–Crippen MR) is 139 cm³/mol. The summed E-state index contributed by atoms with van der Waals surface area (Å²) < 4.78 is 20.0. The molecule has 0 amide bonds. The summed E-state index contributed by atoms with van der Waals surface area (Å²) >= 11 is 0. The average molecular weight is 569 g/mol. The van der Waals surface area contributed by atoms with Gasteiger partial charge in [-0.1, -0.05) is 6.42 Å². The van der Waals surface area contributed by atoms with Crippen LogP contribution in [-0.2, 0) is 11.2 Å². The van der Waals surface area contributed by atoms with Gasteiger partial charge in [0.15, 0.2) is 5.96 Å². The molecule has 0 radical (unpaired) electrons. The van der Waals surface area contributed by atoms with Gasteiger partial charge in [-0.2, -0.15) is 10.4 Å². The summed E-state index contributed by atoms with van der Waals surface area (Å²) in [7, 11) is 3.51. The standard InChI is InChI=1S/C23H32FN7O.HI/c1-27-22(29-16-23(10-4-11-23)12-14-32-2)28-13-3-5-20-19(15-25)21(26)31(30-20)18-8-6-17(24)7-9-18;/h6-9H,3-5,10-14,16,26H2,1-2H3,(H2,27,28,29);1H. The number of nitrogens with one attached hydrogen (secondary N) is 2. The fourth-order valence-electron chi connectivity index (χ4n) is 4.02. The van der Waals surface area contributed by atoms with E-state index >= 15 is 0 Å². The van der Waals surface area contributed by atoms with Crippen LogP contribution >= 0.6 is 24.0 Å². The van der Waals surface area contributed by atoms with E-state index in [9.17, 15) is 9.65 Å². The smallest absolute Gasteiger partial charge is 0.190 e. The normalized spacial score (nSPS) is 14.7. The van der Waals surface area contributed by atoms with Crippen molar-refractivity contribution >= 4 is 35.8 Å². The highest BCUT2D eigenvalue weighted by Crippen LogP contribution is 2.43. The Morgan fingerprint density at radius 3 is 2.64 bits per heavy atom. The molecule has 0 bridgehead atoms. The van der Waals surface area contributed by atoms with Crippen molar-refractivity contribution in [1.82, 2.24) is 20.4 Å². The minimum absolute atomic E-state index is 0. The fourth-order valence-corrected chi connectivity index (χ4v) is 4.02. The van der Waals surface area contributed by atoms with E-state index in [0.717, 1.165) is 32.0 Å². The summed E-state index contributed by atoms with van der Waals surface area (Å²) in [5.74, 6) is 0.696. The van der Waals surface area contributed by atoms with Crippen LogP contribution < -0.4 is 16.4 Å². The molecule has 33 heavy (non-hydrogen) atoms. The molecule has 0 saturated heterocycles. The molecule has 1 heterocycles. The number of hydrogen-bond donors (Lipinski definition) is 3. The highest BCUT2D eigenvalue weighted by molar-refractivity contribution is 14.0. The van der Waals surface area contributed by atoms with Crippen LogP contribution in [0, 0.1) is 22.6 Å². The Hall–Kier alpha value is -2.39. The number of aliphatic imine (C=N–C) groups is 1. The number of nitriles is 1. The van der Waals surface area contributed by atoms with Gasteiger partial charge in [0, 0.05) is 33.9 Å². The molecule has 2 aromatic rings. The van der Waals surface area contributed by atoms with E-state index in [2.05, 4.69) is 26.8 Å². The van der Waals surface area contributed by atoms with Crippen LogP contribution in [0.25, 0.3) is 5.69 Å². The molecule has 4 N–H and O–H groups in total. The van der Waals surface area contributed by atoms with Gasteiger partial charge in [0.05, 0.1) is 11.4 Å². The zero-order chi connectivity index (χ0) is 23.0. The first-order chi connectivity index (χ1) is 15.5. The Kier molecular flexibility index (Phi) is 10.4. The molecule has 10 heteroatoms. The summed E-state index contributed by atoms with van der Waals surface area (Å²) in [5.41, 5.74) is 8.04. The van der Waals surface area contributed by atoms with Gasteiger partial charge in [-0.3, -0.25) is 4.99 Å². The number of guanidine groups is 1. The molecule has 1 fully saturated rings. The quantitative estimate of drug-likeness (QED) is 0.175. The molecule has 0 spiro atoms. The van der Waals surface area contributed by atoms with Gasteiger partial charge in [0.25, 0.3) is 0 Å². The molecule has 8 nitrogen and oxygen atoms in total. The maximum atomic E-state index is 13.2. The number of ether oxygens (including phenoxy) is 1.